The number of aromatic nitrogens is 1. The van der Waals surface area contributed by atoms with Crippen molar-refractivity contribution in [2.24, 2.45) is 29.1 Å². The van der Waals surface area contributed by atoms with Gasteiger partial charge in [-0.25, -0.2) is 0 Å². The summed E-state index contributed by atoms with van der Waals surface area (Å²) in [6, 6.07) is 3.30. The highest BCUT2D eigenvalue weighted by molar-refractivity contribution is 5.90. The van der Waals surface area contributed by atoms with Gasteiger partial charge in [0.1, 0.15) is 6.04 Å². The molecular weight excluding hydrogens is 338 g/mol. The topological polar surface area (TPSA) is 71.1 Å². The van der Waals surface area contributed by atoms with Crippen molar-refractivity contribution in [2.75, 3.05) is 0 Å². The molecule has 5 rings (SSSR count). The van der Waals surface area contributed by atoms with E-state index < -0.39 is 6.04 Å². The Bertz CT molecular complexity index is 665. The molecule has 4 saturated carbocycles. The smallest absolute Gasteiger partial charge is 0.243 e. The molecule has 2 amide bonds. The maximum atomic E-state index is 13.3. The van der Waals surface area contributed by atoms with E-state index in [1.807, 2.05) is 26.0 Å². The second kappa shape index (κ2) is 7.25. The van der Waals surface area contributed by atoms with Crippen molar-refractivity contribution in [3.63, 3.8) is 0 Å². The molecule has 0 spiro atoms. The van der Waals surface area contributed by atoms with E-state index in [9.17, 15) is 9.59 Å². The first-order valence-electron chi connectivity index (χ1n) is 10.4. The molecule has 1 aromatic rings. The summed E-state index contributed by atoms with van der Waals surface area (Å²) >= 11 is 0. The fourth-order valence-corrected chi connectivity index (χ4v) is 6.02. The lowest BCUT2D eigenvalue weighted by molar-refractivity contribution is -0.149. The van der Waals surface area contributed by atoms with Crippen LogP contribution in [0, 0.1) is 29.1 Å². The molecule has 27 heavy (non-hydrogen) atoms. The van der Waals surface area contributed by atoms with E-state index in [0.717, 1.165) is 42.6 Å². The van der Waals surface area contributed by atoms with Crippen LogP contribution in [-0.2, 0) is 16.1 Å². The lowest BCUT2D eigenvalue weighted by Gasteiger charge is -2.55. The van der Waals surface area contributed by atoms with Crippen LogP contribution in [0.1, 0.15) is 57.9 Å². The number of amides is 2. The zero-order valence-electron chi connectivity index (χ0n) is 16.4. The van der Waals surface area contributed by atoms with Gasteiger partial charge in [-0.1, -0.05) is 13.8 Å². The van der Waals surface area contributed by atoms with Gasteiger partial charge < -0.3 is 10.6 Å². The average molecular weight is 370 g/mol. The predicted octanol–water partition coefficient (Wildman–Crippen LogP) is 3.06. The molecule has 1 heterocycles. The molecule has 5 heteroatoms. The van der Waals surface area contributed by atoms with E-state index in [1.165, 1.54) is 19.3 Å². The van der Waals surface area contributed by atoms with Crippen LogP contribution in [-0.4, -0.2) is 22.8 Å². The summed E-state index contributed by atoms with van der Waals surface area (Å²) in [5, 5.41) is 6.12. The molecule has 1 unspecified atom stereocenters. The van der Waals surface area contributed by atoms with Gasteiger partial charge in [0.25, 0.3) is 0 Å². The van der Waals surface area contributed by atoms with Crippen molar-refractivity contribution < 1.29 is 9.59 Å². The molecule has 4 aliphatic rings. The van der Waals surface area contributed by atoms with Crippen molar-refractivity contribution in [1.82, 2.24) is 15.6 Å². The van der Waals surface area contributed by atoms with Crippen LogP contribution < -0.4 is 10.6 Å². The number of rotatable bonds is 6. The number of carbonyl (C=O) groups is 2. The van der Waals surface area contributed by atoms with Gasteiger partial charge in [0, 0.05) is 24.4 Å². The van der Waals surface area contributed by atoms with Gasteiger partial charge in [-0.3, -0.25) is 14.6 Å². The van der Waals surface area contributed by atoms with Crippen LogP contribution in [0.4, 0.5) is 0 Å². The van der Waals surface area contributed by atoms with Crippen molar-refractivity contribution in [2.45, 2.75) is 65.0 Å². The molecule has 0 radical (unpaired) electrons. The van der Waals surface area contributed by atoms with E-state index in [2.05, 4.69) is 15.6 Å². The molecule has 0 saturated heterocycles. The van der Waals surface area contributed by atoms with Crippen LogP contribution in [0.2, 0.25) is 0 Å². The SMILES string of the molecule is CC(C)C(NC(=O)C12CC3CC(CC(C3)C1)C2)C(=O)NCc1ccncc1. The first-order chi connectivity index (χ1) is 12.9. The highest BCUT2D eigenvalue weighted by atomic mass is 16.2. The fourth-order valence-electron chi connectivity index (χ4n) is 6.02. The number of pyridine rings is 1. The first kappa shape index (κ1) is 18.5. The second-order valence-electron chi connectivity index (χ2n) is 9.47. The number of hydrogen-bond donors (Lipinski definition) is 2. The Morgan fingerprint density at radius 3 is 2.15 bits per heavy atom. The Balaban J connectivity index is 1.40. The molecule has 4 bridgehead atoms. The molecular formula is C22H31N3O2. The van der Waals surface area contributed by atoms with E-state index >= 15 is 0 Å². The summed E-state index contributed by atoms with van der Waals surface area (Å²) in [6.45, 7) is 4.45. The van der Waals surface area contributed by atoms with Crippen molar-refractivity contribution in [3.05, 3.63) is 30.1 Å². The third kappa shape index (κ3) is 3.74. The van der Waals surface area contributed by atoms with Gasteiger partial charge in [0.2, 0.25) is 11.8 Å². The minimum atomic E-state index is -0.479. The monoisotopic (exact) mass is 369 g/mol. The molecule has 1 atom stereocenters. The van der Waals surface area contributed by atoms with Crippen molar-refractivity contribution in [3.8, 4) is 0 Å². The molecule has 0 aliphatic heterocycles. The molecule has 4 aliphatic carbocycles. The summed E-state index contributed by atoms with van der Waals surface area (Å²) in [7, 11) is 0. The Hall–Kier alpha value is -1.91. The molecule has 5 nitrogen and oxygen atoms in total. The lowest BCUT2D eigenvalue weighted by atomic mass is 9.49. The van der Waals surface area contributed by atoms with E-state index in [-0.39, 0.29) is 23.1 Å². The van der Waals surface area contributed by atoms with Crippen molar-refractivity contribution >= 4 is 11.8 Å². The summed E-state index contributed by atoms with van der Waals surface area (Å²) in [5.41, 5.74) is 0.793. The third-order valence-electron chi connectivity index (χ3n) is 6.97. The van der Waals surface area contributed by atoms with E-state index in [1.54, 1.807) is 12.4 Å². The van der Waals surface area contributed by atoms with Gasteiger partial charge in [0.05, 0.1) is 0 Å². The van der Waals surface area contributed by atoms with Crippen LogP contribution in [0.3, 0.4) is 0 Å². The number of carbonyl (C=O) groups excluding carboxylic acids is 2. The number of hydrogen-bond acceptors (Lipinski definition) is 3. The molecule has 0 aromatic carbocycles. The van der Waals surface area contributed by atoms with Crippen molar-refractivity contribution in [1.29, 1.82) is 0 Å². The van der Waals surface area contributed by atoms with Crippen LogP contribution >= 0.6 is 0 Å². The minimum Gasteiger partial charge on any atom is -0.350 e. The van der Waals surface area contributed by atoms with Crippen LogP contribution in [0.25, 0.3) is 0 Å². The quantitative estimate of drug-likeness (QED) is 0.810. The maximum Gasteiger partial charge on any atom is 0.243 e. The zero-order valence-corrected chi connectivity index (χ0v) is 16.4. The van der Waals surface area contributed by atoms with Crippen LogP contribution in [0.5, 0.6) is 0 Å². The van der Waals surface area contributed by atoms with Gasteiger partial charge in [-0.15, -0.1) is 0 Å². The van der Waals surface area contributed by atoms with Gasteiger partial charge in [-0.2, -0.15) is 0 Å². The first-order valence-corrected chi connectivity index (χ1v) is 10.4. The van der Waals surface area contributed by atoms with Gasteiger partial charge in [-0.05, 0) is 79.9 Å². The van der Waals surface area contributed by atoms with E-state index in [4.69, 9.17) is 0 Å². The summed E-state index contributed by atoms with van der Waals surface area (Å²) in [6.07, 6.45) is 10.4. The summed E-state index contributed by atoms with van der Waals surface area (Å²) < 4.78 is 0. The molecule has 1 aromatic heterocycles. The Morgan fingerprint density at radius 1 is 1.07 bits per heavy atom. The van der Waals surface area contributed by atoms with Gasteiger partial charge in [0.15, 0.2) is 0 Å². The maximum absolute atomic E-state index is 13.3. The zero-order chi connectivity index (χ0) is 19.0. The van der Waals surface area contributed by atoms with E-state index in [0.29, 0.717) is 6.54 Å². The molecule has 2 N–H and O–H groups in total. The molecule has 146 valence electrons. The highest BCUT2D eigenvalue weighted by Gasteiger charge is 2.55. The summed E-state index contributed by atoms with van der Waals surface area (Å²) in [4.78, 5) is 30.1. The normalized spacial score (nSPS) is 32.3. The van der Waals surface area contributed by atoms with Crippen LogP contribution in [0.15, 0.2) is 24.5 Å². The van der Waals surface area contributed by atoms with Gasteiger partial charge >= 0.3 is 0 Å². The minimum absolute atomic E-state index is 0.0558. The lowest BCUT2D eigenvalue weighted by Crippen LogP contribution is -2.58. The predicted molar refractivity (Wildman–Crippen MR) is 103 cm³/mol. The molecule has 4 fully saturated rings. The fraction of sp³-hybridized carbons (Fsp3) is 0.682. The average Bonchev–Trinajstić information content (AvgIpc) is 2.63. The second-order valence-corrected chi connectivity index (χ2v) is 9.47. The largest absolute Gasteiger partial charge is 0.350 e. The highest BCUT2D eigenvalue weighted by Crippen LogP contribution is 2.60. The Morgan fingerprint density at radius 2 is 1.63 bits per heavy atom. The summed E-state index contributed by atoms with van der Waals surface area (Å²) in [5.74, 6) is 2.25. The number of nitrogens with one attached hydrogen (secondary N) is 2. The standard InChI is InChI=1S/C22H31N3O2/c1-14(2)19(20(26)24-13-15-3-5-23-6-4-15)25-21(27)22-10-16-7-17(11-22)9-18(8-16)12-22/h3-6,14,16-19H,7-13H2,1-2H3,(H,24,26)(H,25,27). The Labute approximate surface area is 161 Å². The Kier molecular flexibility index (Phi) is 4.95. The third-order valence-corrected chi connectivity index (χ3v) is 6.97. The number of nitrogens with zero attached hydrogens (tertiary/aromatic N) is 1.